The topological polar surface area (TPSA) is 95.9 Å². The van der Waals surface area contributed by atoms with Gasteiger partial charge in [0.2, 0.25) is 5.91 Å². The highest BCUT2D eigenvalue weighted by molar-refractivity contribution is 5.76. The predicted molar refractivity (Wildman–Crippen MR) is 218 cm³/mol. The number of hydrogen-bond acceptors (Lipinski definition) is 5. The molecule has 6 nitrogen and oxygen atoms in total. The Morgan fingerprint density at radius 1 is 0.529 bits per heavy atom. The van der Waals surface area contributed by atoms with Crippen LogP contribution in [0.4, 0.5) is 0 Å². The summed E-state index contributed by atoms with van der Waals surface area (Å²) in [6, 6.07) is -0.652. The number of carbonyl (C=O) groups is 2. The van der Waals surface area contributed by atoms with E-state index >= 15 is 0 Å². The Morgan fingerprint density at radius 3 is 1.41 bits per heavy atom. The number of unbranched alkanes of at least 4 members (excludes halogenated alkanes) is 24. The van der Waals surface area contributed by atoms with Gasteiger partial charge in [-0.1, -0.05) is 153 Å². The van der Waals surface area contributed by atoms with Crippen molar-refractivity contribution >= 4 is 11.9 Å². The molecule has 0 saturated carbocycles. The molecule has 3 N–H and O–H groups in total. The van der Waals surface area contributed by atoms with Crippen molar-refractivity contribution in [1.29, 1.82) is 0 Å². The molecule has 6 heteroatoms. The third-order valence-electron chi connectivity index (χ3n) is 9.63. The Bertz CT molecular complexity index is 838. The van der Waals surface area contributed by atoms with Gasteiger partial charge in [-0.15, -0.1) is 0 Å². The first-order valence-electron chi connectivity index (χ1n) is 21.8. The van der Waals surface area contributed by atoms with E-state index in [1.165, 1.54) is 109 Å². The van der Waals surface area contributed by atoms with Gasteiger partial charge in [-0.2, -0.15) is 0 Å². The first kappa shape index (κ1) is 49.1. The molecular formula is C45H83NO5. The van der Waals surface area contributed by atoms with E-state index in [0.717, 1.165) is 77.0 Å². The molecule has 0 aliphatic carbocycles. The molecule has 51 heavy (non-hydrogen) atoms. The van der Waals surface area contributed by atoms with Crippen LogP contribution < -0.4 is 5.32 Å². The monoisotopic (exact) mass is 718 g/mol. The first-order valence-corrected chi connectivity index (χ1v) is 21.8. The van der Waals surface area contributed by atoms with Crippen LogP contribution in [-0.4, -0.2) is 47.4 Å². The molecule has 0 heterocycles. The fraction of sp³-hybridized carbons (Fsp3) is 0.822. The SMILES string of the molecule is CCCCCC/C=C\CCCCCCCC(=O)OCCCC/C=C\CCCCCCC(=O)NC(CO)C(O)/C=C/CCCCCCCCCCC. The van der Waals surface area contributed by atoms with Crippen LogP contribution in [0.5, 0.6) is 0 Å². The van der Waals surface area contributed by atoms with E-state index in [1.54, 1.807) is 6.08 Å². The molecule has 298 valence electrons. The molecule has 2 unspecified atom stereocenters. The molecule has 0 aliphatic heterocycles. The van der Waals surface area contributed by atoms with E-state index < -0.39 is 12.1 Å². The van der Waals surface area contributed by atoms with E-state index in [2.05, 4.69) is 43.5 Å². The largest absolute Gasteiger partial charge is 0.466 e. The van der Waals surface area contributed by atoms with E-state index in [4.69, 9.17) is 4.74 Å². The lowest BCUT2D eigenvalue weighted by atomic mass is 10.1. The molecule has 2 atom stereocenters. The average molecular weight is 718 g/mol. The molecule has 0 fully saturated rings. The highest BCUT2D eigenvalue weighted by atomic mass is 16.5. The van der Waals surface area contributed by atoms with Crippen LogP contribution in [0.3, 0.4) is 0 Å². The number of carbonyl (C=O) groups excluding carboxylic acids is 2. The molecular weight excluding hydrogens is 634 g/mol. The van der Waals surface area contributed by atoms with E-state index in [0.29, 0.717) is 19.4 Å². The minimum Gasteiger partial charge on any atom is -0.466 e. The third kappa shape index (κ3) is 37.6. The van der Waals surface area contributed by atoms with E-state index in [1.807, 2.05) is 6.08 Å². The Balaban J connectivity index is 3.59. The average Bonchev–Trinajstić information content (AvgIpc) is 3.13. The zero-order valence-corrected chi connectivity index (χ0v) is 33.6. The maximum Gasteiger partial charge on any atom is 0.305 e. The number of hydrogen-bond donors (Lipinski definition) is 3. The second kappa shape index (κ2) is 40.8. The molecule has 0 aliphatic rings. The van der Waals surface area contributed by atoms with Crippen molar-refractivity contribution in [2.75, 3.05) is 13.2 Å². The third-order valence-corrected chi connectivity index (χ3v) is 9.63. The number of ether oxygens (including phenoxy) is 1. The van der Waals surface area contributed by atoms with Crippen molar-refractivity contribution in [2.24, 2.45) is 0 Å². The fourth-order valence-electron chi connectivity index (χ4n) is 6.21. The van der Waals surface area contributed by atoms with Crippen LogP contribution in [0.2, 0.25) is 0 Å². The Hall–Kier alpha value is -1.92. The van der Waals surface area contributed by atoms with Gasteiger partial charge in [0.15, 0.2) is 0 Å². The van der Waals surface area contributed by atoms with Crippen molar-refractivity contribution in [3.8, 4) is 0 Å². The summed E-state index contributed by atoms with van der Waals surface area (Å²) < 4.78 is 5.40. The smallest absolute Gasteiger partial charge is 0.305 e. The highest BCUT2D eigenvalue weighted by Gasteiger charge is 2.17. The Labute approximate surface area is 315 Å². The number of aliphatic hydroxyl groups is 2. The van der Waals surface area contributed by atoms with Gasteiger partial charge >= 0.3 is 5.97 Å². The van der Waals surface area contributed by atoms with E-state index in [-0.39, 0.29) is 18.5 Å². The molecule has 0 rings (SSSR count). The van der Waals surface area contributed by atoms with Gasteiger partial charge in [-0.3, -0.25) is 9.59 Å². The van der Waals surface area contributed by atoms with E-state index in [9.17, 15) is 19.8 Å². The minimum absolute atomic E-state index is 0.0493. The summed E-state index contributed by atoms with van der Waals surface area (Å²) in [5, 5.41) is 22.9. The second-order valence-corrected chi connectivity index (χ2v) is 14.7. The molecule has 0 aromatic rings. The second-order valence-electron chi connectivity index (χ2n) is 14.7. The molecule has 0 saturated heterocycles. The van der Waals surface area contributed by atoms with Crippen molar-refractivity contribution in [2.45, 2.75) is 225 Å². The highest BCUT2D eigenvalue weighted by Crippen LogP contribution is 2.13. The van der Waals surface area contributed by atoms with Crippen molar-refractivity contribution in [3.05, 3.63) is 36.5 Å². The zero-order chi connectivity index (χ0) is 37.3. The summed E-state index contributed by atoms with van der Waals surface area (Å²) in [5.41, 5.74) is 0. The minimum atomic E-state index is -0.864. The maximum atomic E-state index is 12.3. The maximum absolute atomic E-state index is 12.3. The quantitative estimate of drug-likeness (QED) is 0.0334. The van der Waals surface area contributed by atoms with Crippen molar-refractivity contribution in [1.82, 2.24) is 5.32 Å². The summed E-state index contributed by atoms with van der Waals surface area (Å²) in [6.45, 7) is 4.75. The summed E-state index contributed by atoms with van der Waals surface area (Å²) in [7, 11) is 0. The number of nitrogens with one attached hydrogen (secondary N) is 1. The van der Waals surface area contributed by atoms with Gasteiger partial charge in [0.25, 0.3) is 0 Å². The van der Waals surface area contributed by atoms with Crippen LogP contribution in [0, 0.1) is 0 Å². The van der Waals surface area contributed by atoms with Crippen LogP contribution >= 0.6 is 0 Å². The molecule has 1 amide bonds. The number of rotatable bonds is 39. The van der Waals surface area contributed by atoms with Gasteiger partial charge in [0.1, 0.15) is 0 Å². The molecule has 0 radical (unpaired) electrons. The number of aliphatic hydroxyl groups excluding tert-OH is 2. The number of amides is 1. The summed E-state index contributed by atoms with van der Waals surface area (Å²) in [6.07, 6.45) is 47.0. The standard InChI is InChI=1S/C45H83NO5/c1-3-5-7-9-11-13-15-16-18-23-27-31-35-39-45(50)51-40-36-32-28-24-20-19-22-26-30-34-38-44(49)46-42(41-47)43(48)37-33-29-25-21-17-14-12-10-8-6-4-2/h13,15,20,24,33,37,42-43,47-48H,3-12,14,16-19,21-23,25-32,34-36,38-41H2,1-2H3,(H,46,49)/b15-13-,24-20-,37-33+. The van der Waals surface area contributed by atoms with Gasteiger partial charge in [0, 0.05) is 12.8 Å². The van der Waals surface area contributed by atoms with Gasteiger partial charge in [-0.25, -0.2) is 0 Å². The van der Waals surface area contributed by atoms with Crippen LogP contribution in [0.1, 0.15) is 213 Å². The molecule has 0 spiro atoms. The summed E-state index contributed by atoms with van der Waals surface area (Å²) >= 11 is 0. The van der Waals surface area contributed by atoms with Crippen molar-refractivity contribution < 1.29 is 24.5 Å². The molecule has 0 aromatic carbocycles. The molecule has 0 aromatic heterocycles. The Kier molecular flexibility index (Phi) is 39.3. The van der Waals surface area contributed by atoms with Gasteiger partial charge < -0.3 is 20.3 Å². The number of allylic oxidation sites excluding steroid dienone is 5. The van der Waals surface area contributed by atoms with Crippen LogP contribution in [0.25, 0.3) is 0 Å². The lowest BCUT2D eigenvalue weighted by molar-refractivity contribution is -0.143. The Morgan fingerprint density at radius 2 is 0.922 bits per heavy atom. The first-order chi connectivity index (χ1) is 25.0. The number of esters is 1. The summed E-state index contributed by atoms with van der Waals surface area (Å²) in [5.74, 6) is -0.157. The predicted octanol–water partition coefficient (Wildman–Crippen LogP) is 12.2. The van der Waals surface area contributed by atoms with Crippen LogP contribution in [0.15, 0.2) is 36.5 Å². The lowest BCUT2D eigenvalue weighted by Gasteiger charge is -2.20. The normalized spacial score (nSPS) is 13.1. The summed E-state index contributed by atoms with van der Waals surface area (Å²) in [4.78, 5) is 24.3. The van der Waals surface area contributed by atoms with Crippen molar-refractivity contribution in [3.63, 3.8) is 0 Å². The molecule has 0 bridgehead atoms. The zero-order valence-electron chi connectivity index (χ0n) is 33.6. The fourth-order valence-corrected chi connectivity index (χ4v) is 6.21. The van der Waals surface area contributed by atoms with Gasteiger partial charge in [0.05, 0.1) is 25.4 Å². The lowest BCUT2D eigenvalue weighted by Crippen LogP contribution is -2.45. The van der Waals surface area contributed by atoms with Gasteiger partial charge in [-0.05, 0) is 83.5 Å². The van der Waals surface area contributed by atoms with Crippen LogP contribution in [-0.2, 0) is 14.3 Å².